The fourth-order valence-electron chi connectivity index (χ4n) is 6.13. The lowest BCUT2D eigenvalue weighted by molar-refractivity contribution is -0.154. The molecule has 18 nitrogen and oxygen atoms in total. The van der Waals surface area contributed by atoms with E-state index >= 15 is 0 Å². The molecule has 1 fully saturated rings. The first-order valence-corrected chi connectivity index (χ1v) is 22.2. The molecule has 4 rings (SSSR count). The average molecular weight is 844 g/mol. The number of carboxylic acids is 1. The molecule has 2 heterocycles. The molecule has 1 unspecified atom stereocenters. The number of rotatable bonds is 19. The van der Waals surface area contributed by atoms with Crippen molar-refractivity contribution >= 4 is 26.3 Å². The van der Waals surface area contributed by atoms with E-state index in [2.05, 4.69) is 16.0 Å². The van der Waals surface area contributed by atoms with Gasteiger partial charge in [-0.3, -0.25) is 23.5 Å². The number of alkyl carbamates (subject to hydrolysis) is 1. The van der Waals surface area contributed by atoms with Crippen molar-refractivity contribution in [3.63, 3.8) is 0 Å². The highest BCUT2D eigenvalue weighted by Crippen LogP contribution is 2.42. The highest BCUT2D eigenvalue weighted by atomic mass is 28.4. The number of aliphatic hydroxyl groups excluding tert-OH is 3. The molecule has 1 aliphatic rings. The van der Waals surface area contributed by atoms with Crippen LogP contribution in [0.3, 0.4) is 0 Å². The standard InChI is InChI=1S/C40H57N5O13Si/c1-24(46)30(43-38(53)56-23-26-11-9-8-10-12-26)35(50)42-19-18-41-21-28(37(51)52)31(48)33-32(49)34(58-59(6,7)40(2,3)4)36(57-33)44-20-17-29(47)45(39(44)54)22-25-13-15-27(55-5)16-14-25/h8-17,20,24,28,30-34,36,41,46,48-49H,18-19,21-23H2,1-7H3,(H,42,50)(H,43,53)(H,51,52)/t24-,28-,30-,31+,32+,33?,34+,36+/m0/s1. The van der Waals surface area contributed by atoms with Gasteiger partial charge in [0.05, 0.1) is 31.8 Å². The molecule has 1 saturated heterocycles. The van der Waals surface area contributed by atoms with Crippen LogP contribution in [0.2, 0.25) is 18.1 Å². The second-order valence-corrected chi connectivity index (χ2v) is 20.7. The lowest BCUT2D eigenvalue weighted by Gasteiger charge is -2.40. The minimum atomic E-state index is -2.72. The van der Waals surface area contributed by atoms with E-state index in [9.17, 15) is 44.4 Å². The Labute approximate surface area is 343 Å². The quantitative estimate of drug-likeness (QED) is 0.0662. The maximum atomic E-state index is 14.0. The zero-order chi connectivity index (χ0) is 43.7. The fourth-order valence-corrected chi connectivity index (χ4v) is 7.42. The van der Waals surface area contributed by atoms with Gasteiger partial charge in [-0.15, -0.1) is 0 Å². The van der Waals surface area contributed by atoms with Gasteiger partial charge in [0.25, 0.3) is 5.56 Å². The van der Waals surface area contributed by atoms with Crippen molar-refractivity contribution in [3.05, 3.63) is 98.8 Å². The smallest absolute Gasteiger partial charge is 0.408 e. The van der Waals surface area contributed by atoms with Crippen molar-refractivity contribution in [1.82, 2.24) is 25.1 Å². The number of methoxy groups -OCH3 is 1. The highest BCUT2D eigenvalue weighted by Gasteiger charge is 2.54. The molecule has 7 N–H and O–H groups in total. The van der Waals surface area contributed by atoms with Gasteiger partial charge in [-0.1, -0.05) is 63.2 Å². The van der Waals surface area contributed by atoms with Crippen LogP contribution in [0, 0.1) is 5.92 Å². The second-order valence-electron chi connectivity index (χ2n) is 16.0. The van der Waals surface area contributed by atoms with Crippen LogP contribution in [0.4, 0.5) is 4.79 Å². The SMILES string of the molecule is COc1ccc(Cn2c(=O)ccn([C@@H]3OC([C@H](O)[C@H](CNCCNC(=O)[C@@H](NC(=O)OCc4ccccc4)[C@H](C)O)C(=O)O)[C@@H](O)[C@H]3O[Si](C)(C)C(C)(C)C)c2=O)cc1. The molecule has 324 valence electrons. The molecule has 8 atom stereocenters. The minimum absolute atomic E-state index is 0.00612. The molecule has 0 aliphatic carbocycles. The third-order valence-corrected chi connectivity index (χ3v) is 15.1. The molecule has 0 saturated carbocycles. The maximum Gasteiger partial charge on any atom is 0.408 e. The molecule has 59 heavy (non-hydrogen) atoms. The third-order valence-electron chi connectivity index (χ3n) is 10.6. The molecule has 2 amide bonds. The van der Waals surface area contributed by atoms with Gasteiger partial charge in [0.2, 0.25) is 5.91 Å². The van der Waals surface area contributed by atoms with Crippen LogP contribution in [0.1, 0.15) is 45.0 Å². The third kappa shape index (κ3) is 12.1. The monoisotopic (exact) mass is 843 g/mol. The average Bonchev–Trinajstić information content (AvgIpc) is 3.49. The number of nitrogens with zero attached hydrogens (tertiary/aromatic N) is 2. The van der Waals surface area contributed by atoms with Gasteiger partial charge in [0, 0.05) is 31.9 Å². The van der Waals surface area contributed by atoms with Gasteiger partial charge in [0.15, 0.2) is 14.5 Å². The summed E-state index contributed by atoms with van der Waals surface area (Å²) in [7, 11) is -1.21. The van der Waals surface area contributed by atoms with Crippen LogP contribution in [0.5, 0.6) is 5.75 Å². The number of aliphatic carboxylic acids is 1. The largest absolute Gasteiger partial charge is 0.497 e. The van der Waals surface area contributed by atoms with E-state index in [1.807, 2.05) is 39.9 Å². The van der Waals surface area contributed by atoms with Crippen molar-refractivity contribution in [2.45, 2.75) is 102 Å². The van der Waals surface area contributed by atoms with E-state index in [4.69, 9.17) is 18.6 Å². The first-order valence-electron chi connectivity index (χ1n) is 19.3. The van der Waals surface area contributed by atoms with Crippen molar-refractivity contribution in [2.24, 2.45) is 5.92 Å². The zero-order valence-electron chi connectivity index (χ0n) is 34.4. The highest BCUT2D eigenvalue weighted by molar-refractivity contribution is 6.74. The van der Waals surface area contributed by atoms with Crippen LogP contribution >= 0.6 is 0 Å². The summed E-state index contributed by atoms with van der Waals surface area (Å²) in [4.78, 5) is 64.6. The summed E-state index contributed by atoms with van der Waals surface area (Å²) in [5.74, 6) is -3.11. The van der Waals surface area contributed by atoms with E-state index in [1.54, 1.807) is 48.5 Å². The Hall–Kier alpha value is -4.89. The molecule has 3 aromatic rings. The number of benzene rings is 2. The topological polar surface area (TPSA) is 249 Å². The van der Waals surface area contributed by atoms with Gasteiger partial charge < -0.3 is 55.0 Å². The first kappa shape index (κ1) is 46.8. The Balaban J connectivity index is 1.45. The Kier molecular flexibility index (Phi) is 16.2. The number of carbonyl (C=O) groups excluding carboxylic acids is 2. The summed E-state index contributed by atoms with van der Waals surface area (Å²) in [6.45, 7) is 10.5. The number of hydrogen-bond donors (Lipinski definition) is 7. The molecule has 0 bridgehead atoms. The number of aliphatic hydroxyl groups is 3. The summed E-state index contributed by atoms with van der Waals surface area (Å²) >= 11 is 0. The summed E-state index contributed by atoms with van der Waals surface area (Å²) in [6, 6.07) is 15.5. The molecule has 1 aromatic heterocycles. The van der Waals surface area contributed by atoms with Crippen LogP contribution in [0.25, 0.3) is 0 Å². The number of nitrogens with one attached hydrogen (secondary N) is 3. The van der Waals surface area contributed by atoms with Crippen LogP contribution in [-0.4, -0.2) is 119 Å². The van der Waals surface area contributed by atoms with E-state index in [0.29, 0.717) is 11.3 Å². The minimum Gasteiger partial charge on any atom is -0.497 e. The Morgan fingerprint density at radius 1 is 0.966 bits per heavy atom. The van der Waals surface area contributed by atoms with Crippen molar-refractivity contribution in [3.8, 4) is 5.75 Å². The van der Waals surface area contributed by atoms with Gasteiger partial charge >= 0.3 is 17.8 Å². The molecule has 2 aromatic carbocycles. The van der Waals surface area contributed by atoms with Gasteiger partial charge in [-0.25, -0.2) is 9.59 Å². The number of hydrogen-bond acceptors (Lipinski definition) is 13. The number of aromatic nitrogens is 2. The van der Waals surface area contributed by atoms with E-state index in [1.165, 1.54) is 26.3 Å². The number of ether oxygens (including phenoxy) is 3. The molecule has 19 heteroatoms. The predicted octanol–water partition coefficient (Wildman–Crippen LogP) is 1.16. The van der Waals surface area contributed by atoms with Crippen LogP contribution in [-0.2, 0) is 36.6 Å². The summed E-state index contributed by atoms with van der Waals surface area (Å²) in [5.41, 5.74) is -0.0106. The molecular weight excluding hydrogens is 787 g/mol. The molecule has 0 radical (unpaired) electrons. The number of amides is 2. The fraction of sp³-hybridized carbons (Fsp3) is 0.525. The zero-order valence-corrected chi connectivity index (χ0v) is 35.4. The Morgan fingerprint density at radius 2 is 1.63 bits per heavy atom. The predicted molar refractivity (Wildman–Crippen MR) is 217 cm³/mol. The van der Waals surface area contributed by atoms with Crippen molar-refractivity contribution in [1.29, 1.82) is 0 Å². The summed E-state index contributed by atoms with van der Waals surface area (Å²) in [5, 5.41) is 51.0. The van der Waals surface area contributed by atoms with Crippen LogP contribution < -0.4 is 31.9 Å². The Bertz CT molecular complexity index is 1980. The normalized spacial score (nSPS) is 20.2. The van der Waals surface area contributed by atoms with Crippen LogP contribution in [0.15, 0.2) is 76.4 Å². The molecule has 0 spiro atoms. The van der Waals surface area contributed by atoms with Crippen molar-refractivity contribution < 1.29 is 53.4 Å². The first-order chi connectivity index (χ1) is 27.7. The van der Waals surface area contributed by atoms with E-state index < -0.39 is 86.2 Å². The van der Waals surface area contributed by atoms with E-state index in [-0.39, 0.29) is 37.8 Å². The lowest BCUT2D eigenvalue weighted by Crippen LogP contribution is -2.53. The lowest BCUT2D eigenvalue weighted by atomic mass is 9.94. The number of carbonyl (C=O) groups is 3. The van der Waals surface area contributed by atoms with Gasteiger partial charge in [-0.05, 0) is 48.3 Å². The van der Waals surface area contributed by atoms with Gasteiger partial charge in [-0.2, -0.15) is 0 Å². The van der Waals surface area contributed by atoms with E-state index in [0.717, 1.165) is 14.7 Å². The summed E-state index contributed by atoms with van der Waals surface area (Å²) < 4.78 is 25.2. The van der Waals surface area contributed by atoms with Gasteiger partial charge in [0.1, 0.15) is 36.7 Å². The molecule has 1 aliphatic heterocycles. The number of carboxylic acid groups (broad SMARTS) is 1. The summed E-state index contributed by atoms with van der Waals surface area (Å²) in [6.07, 6.45) is -8.57. The Morgan fingerprint density at radius 3 is 2.22 bits per heavy atom. The molecular formula is C40H57N5O13Si. The van der Waals surface area contributed by atoms with Crippen molar-refractivity contribution in [2.75, 3.05) is 26.7 Å². The second kappa shape index (κ2) is 20.4. The maximum absolute atomic E-state index is 14.0.